The van der Waals surface area contributed by atoms with Gasteiger partial charge in [-0.15, -0.1) is 0 Å². The van der Waals surface area contributed by atoms with Crippen LogP contribution in [0.3, 0.4) is 0 Å². The molecule has 0 spiro atoms. The van der Waals surface area contributed by atoms with Crippen molar-refractivity contribution in [2.24, 2.45) is 5.41 Å². The van der Waals surface area contributed by atoms with Gasteiger partial charge in [0.1, 0.15) is 6.04 Å². The van der Waals surface area contributed by atoms with Gasteiger partial charge in [0.2, 0.25) is 11.8 Å². The van der Waals surface area contributed by atoms with E-state index in [1.807, 2.05) is 11.8 Å². The first-order valence-corrected chi connectivity index (χ1v) is 6.91. The molecule has 1 saturated heterocycles. The number of rotatable bonds is 4. The molecule has 1 unspecified atom stereocenters. The quantitative estimate of drug-likeness (QED) is 0.833. The molecule has 104 valence electrons. The van der Waals surface area contributed by atoms with Crippen LogP contribution in [0, 0.1) is 5.41 Å². The van der Waals surface area contributed by atoms with Gasteiger partial charge in [0.15, 0.2) is 0 Å². The zero-order chi connectivity index (χ0) is 13.8. The van der Waals surface area contributed by atoms with Crippen LogP contribution in [0.5, 0.6) is 0 Å². The van der Waals surface area contributed by atoms with Gasteiger partial charge in [-0.2, -0.15) is 0 Å². The lowest BCUT2D eigenvalue weighted by Gasteiger charge is -2.27. The van der Waals surface area contributed by atoms with Crippen LogP contribution < -0.4 is 5.32 Å². The predicted octanol–water partition coefficient (Wildman–Crippen LogP) is 1.94. The summed E-state index contributed by atoms with van der Waals surface area (Å²) in [5.74, 6) is 0.0898. The molecule has 1 heterocycles. The van der Waals surface area contributed by atoms with Gasteiger partial charge < -0.3 is 10.2 Å². The van der Waals surface area contributed by atoms with Crippen LogP contribution in [0.15, 0.2) is 0 Å². The van der Waals surface area contributed by atoms with E-state index in [1.54, 1.807) is 0 Å². The first-order valence-electron chi connectivity index (χ1n) is 6.91. The molecule has 2 amide bonds. The van der Waals surface area contributed by atoms with Gasteiger partial charge in [-0.05, 0) is 18.3 Å². The molecule has 0 radical (unpaired) electrons. The lowest BCUT2D eigenvalue weighted by Crippen LogP contribution is -2.45. The molecule has 4 heteroatoms. The molecule has 1 N–H and O–H groups in total. The zero-order valence-corrected chi connectivity index (χ0v) is 12.1. The van der Waals surface area contributed by atoms with E-state index in [9.17, 15) is 9.59 Å². The van der Waals surface area contributed by atoms with Crippen LogP contribution >= 0.6 is 0 Å². The molecule has 18 heavy (non-hydrogen) atoms. The summed E-state index contributed by atoms with van der Waals surface area (Å²) in [6, 6.07) is -0.315. The van der Waals surface area contributed by atoms with Gasteiger partial charge in [-0.3, -0.25) is 9.59 Å². The minimum Gasteiger partial charge on any atom is -0.344 e. The molecule has 0 aromatic rings. The van der Waals surface area contributed by atoms with Gasteiger partial charge in [-0.1, -0.05) is 34.1 Å². The summed E-state index contributed by atoms with van der Waals surface area (Å²) < 4.78 is 0. The number of nitrogens with one attached hydrogen (secondary N) is 1. The van der Waals surface area contributed by atoms with Gasteiger partial charge in [0.25, 0.3) is 0 Å². The number of carbonyl (C=O) groups excluding carboxylic acids is 2. The van der Waals surface area contributed by atoms with Crippen molar-refractivity contribution in [3.05, 3.63) is 0 Å². The Hall–Kier alpha value is -1.06. The topological polar surface area (TPSA) is 49.4 Å². The number of hydrogen-bond donors (Lipinski definition) is 1. The lowest BCUT2D eigenvalue weighted by molar-refractivity contribution is -0.134. The van der Waals surface area contributed by atoms with E-state index in [2.05, 4.69) is 26.1 Å². The van der Waals surface area contributed by atoms with Crippen LogP contribution in [0.1, 0.15) is 53.4 Å². The summed E-state index contributed by atoms with van der Waals surface area (Å²) in [4.78, 5) is 25.7. The highest BCUT2D eigenvalue weighted by molar-refractivity contribution is 5.89. The van der Waals surface area contributed by atoms with E-state index in [0.29, 0.717) is 13.0 Å². The Morgan fingerprint density at radius 1 is 1.33 bits per heavy atom. The highest BCUT2D eigenvalue weighted by Crippen LogP contribution is 2.20. The molecule has 0 aromatic carbocycles. The summed E-state index contributed by atoms with van der Waals surface area (Å²) in [6.07, 6.45) is 3.03. The highest BCUT2D eigenvalue weighted by atomic mass is 16.2. The van der Waals surface area contributed by atoms with E-state index in [4.69, 9.17) is 0 Å². The largest absolute Gasteiger partial charge is 0.344 e. The lowest BCUT2D eigenvalue weighted by atomic mass is 9.92. The van der Waals surface area contributed by atoms with E-state index < -0.39 is 0 Å². The Bertz CT molecular complexity index is 307. The maximum Gasteiger partial charge on any atom is 0.245 e. The Morgan fingerprint density at radius 2 is 2.00 bits per heavy atom. The molecule has 1 aliphatic rings. The van der Waals surface area contributed by atoms with Gasteiger partial charge >= 0.3 is 0 Å². The monoisotopic (exact) mass is 254 g/mol. The van der Waals surface area contributed by atoms with E-state index >= 15 is 0 Å². The second kappa shape index (κ2) is 6.21. The average Bonchev–Trinajstić information content (AvgIpc) is 2.38. The molecule has 0 aliphatic carbocycles. The number of amides is 2. The summed E-state index contributed by atoms with van der Waals surface area (Å²) in [5.41, 5.74) is 0.213. The Morgan fingerprint density at radius 3 is 2.56 bits per heavy atom. The second-order valence-electron chi connectivity index (χ2n) is 6.29. The number of hydrogen-bond acceptors (Lipinski definition) is 2. The van der Waals surface area contributed by atoms with Crippen molar-refractivity contribution in [3.8, 4) is 0 Å². The second-order valence-corrected chi connectivity index (χ2v) is 6.29. The first-order chi connectivity index (χ1) is 8.33. The molecule has 1 fully saturated rings. The van der Waals surface area contributed by atoms with Gasteiger partial charge in [0, 0.05) is 19.5 Å². The Balaban J connectivity index is 2.65. The zero-order valence-electron chi connectivity index (χ0n) is 12.1. The average molecular weight is 254 g/mol. The fourth-order valence-electron chi connectivity index (χ4n) is 2.07. The van der Waals surface area contributed by atoms with Gasteiger partial charge in [0.05, 0.1) is 0 Å². The molecule has 1 rings (SSSR count). The molecule has 4 nitrogen and oxygen atoms in total. The van der Waals surface area contributed by atoms with E-state index in [1.165, 1.54) is 0 Å². The van der Waals surface area contributed by atoms with Crippen LogP contribution in [0.2, 0.25) is 0 Å². The minimum absolute atomic E-state index is 0.0000543. The Kier molecular flexibility index (Phi) is 5.17. The molecule has 1 atom stereocenters. The van der Waals surface area contributed by atoms with Crippen molar-refractivity contribution in [2.45, 2.75) is 59.4 Å². The van der Waals surface area contributed by atoms with Crippen LogP contribution in [0.25, 0.3) is 0 Å². The smallest absolute Gasteiger partial charge is 0.245 e. The fraction of sp³-hybridized carbons (Fsp3) is 0.857. The molecular formula is C14H26N2O2. The maximum absolute atomic E-state index is 12.3. The Labute approximate surface area is 110 Å². The summed E-state index contributed by atoms with van der Waals surface area (Å²) >= 11 is 0. The third-order valence-corrected chi connectivity index (χ3v) is 3.26. The molecule has 0 bridgehead atoms. The van der Waals surface area contributed by atoms with Crippen molar-refractivity contribution in [2.75, 3.05) is 13.1 Å². The minimum atomic E-state index is -0.315. The van der Waals surface area contributed by atoms with Crippen molar-refractivity contribution >= 4 is 11.8 Å². The van der Waals surface area contributed by atoms with Crippen molar-refractivity contribution < 1.29 is 9.59 Å². The van der Waals surface area contributed by atoms with Crippen LogP contribution in [-0.4, -0.2) is 35.8 Å². The summed E-state index contributed by atoms with van der Waals surface area (Å²) in [7, 11) is 0. The summed E-state index contributed by atoms with van der Waals surface area (Å²) in [5, 5.41) is 2.83. The SMILES string of the molecule is CCCC1NC(=O)CCN(CCC(C)(C)C)C1=O. The highest BCUT2D eigenvalue weighted by Gasteiger charge is 2.29. The number of carbonyl (C=O) groups is 2. The molecule has 0 aromatic heterocycles. The maximum atomic E-state index is 12.3. The molecule has 1 aliphatic heterocycles. The standard InChI is InChI=1S/C14H26N2O2/c1-5-6-11-13(18)16(9-7-12(17)15-11)10-8-14(2,3)4/h11H,5-10H2,1-4H3,(H,15,17). The first kappa shape index (κ1) is 15.0. The predicted molar refractivity (Wildman–Crippen MR) is 72.1 cm³/mol. The van der Waals surface area contributed by atoms with E-state index in [-0.39, 0.29) is 23.3 Å². The van der Waals surface area contributed by atoms with Crippen molar-refractivity contribution in [1.29, 1.82) is 0 Å². The van der Waals surface area contributed by atoms with Gasteiger partial charge in [-0.25, -0.2) is 0 Å². The van der Waals surface area contributed by atoms with E-state index in [0.717, 1.165) is 25.8 Å². The van der Waals surface area contributed by atoms with Crippen molar-refractivity contribution in [3.63, 3.8) is 0 Å². The molecular weight excluding hydrogens is 228 g/mol. The number of nitrogens with zero attached hydrogens (tertiary/aromatic N) is 1. The third kappa shape index (κ3) is 4.67. The normalized spacial score (nSPS) is 21.8. The fourth-order valence-corrected chi connectivity index (χ4v) is 2.07. The van der Waals surface area contributed by atoms with Crippen LogP contribution in [-0.2, 0) is 9.59 Å². The summed E-state index contributed by atoms with van der Waals surface area (Å²) in [6.45, 7) is 9.84. The third-order valence-electron chi connectivity index (χ3n) is 3.26. The van der Waals surface area contributed by atoms with Crippen molar-refractivity contribution in [1.82, 2.24) is 10.2 Å². The van der Waals surface area contributed by atoms with Crippen LogP contribution in [0.4, 0.5) is 0 Å². The molecule has 0 saturated carbocycles.